The van der Waals surface area contributed by atoms with Crippen molar-refractivity contribution in [3.63, 3.8) is 0 Å². The topological polar surface area (TPSA) is 72.6 Å². The van der Waals surface area contributed by atoms with E-state index in [1.54, 1.807) is 24.5 Å². The van der Waals surface area contributed by atoms with Crippen LogP contribution >= 0.6 is 0 Å². The van der Waals surface area contributed by atoms with Gasteiger partial charge in [-0.2, -0.15) is 0 Å². The van der Waals surface area contributed by atoms with Crippen molar-refractivity contribution in [1.29, 1.82) is 0 Å². The Morgan fingerprint density at radius 2 is 1.88 bits per heavy atom. The van der Waals surface area contributed by atoms with Crippen LogP contribution in [0.2, 0.25) is 0 Å². The monoisotopic (exact) mass is 427 g/mol. The summed E-state index contributed by atoms with van der Waals surface area (Å²) in [7, 11) is 0. The maximum Gasteiger partial charge on any atom is 0.321 e. The SMILES string of the molecule is O=C(c1cccc(Oc2ncccn2)c1)N1CCCC(Cc2cccn3ccnc23)CC1. The van der Waals surface area contributed by atoms with Gasteiger partial charge in [0.05, 0.1) is 0 Å². The number of pyridine rings is 1. The number of nitrogens with zero attached hydrogens (tertiary/aromatic N) is 5. The number of rotatable bonds is 5. The second-order valence-electron chi connectivity index (χ2n) is 8.15. The molecule has 1 aromatic carbocycles. The highest BCUT2D eigenvalue weighted by Crippen LogP contribution is 2.25. The number of amides is 1. The predicted octanol–water partition coefficient (Wildman–Crippen LogP) is 4.40. The number of carbonyl (C=O) groups is 1. The number of aromatic nitrogens is 4. The smallest absolute Gasteiger partial charge is 0.321 e. The van der Waals surface area contributed by atoms with E-state index in [4.69, 9.17) is 4.74 Å². The summed E-state index contributed by atoms with van der Waals surface area (Å²) in [5.74, 6) is 1.14. The Kier molecular flexibility index (Phi) is 5.79. The van der Waals surface area contributed by atoms with Gasteiger partial charge in [0.25, 0.3) is 5.91 Å². The van der Waals surface area contributed by atoms with Crippen molar-refractivity contribution in [2.45, 2.75) is 25.7 Å². The Balaban J connectivity index is 1.24. The summed E-state index contributed by atoms with van der Waals surface area (Å²) in [4.78, 5) is 27.8. The maximum atomic E-state index is 13.2. The third-order valence-corrected chi connectivity index (χ3v) is 5.98. The van der Waals surface area contributed by atoms with Gasteiger partial charge in [-0.3, -0.25) is 4.79 Å². The summed E-state index contributed by atoms with van der Waals surface area (Å²) in [6, 6.07) is 13.5. The number of likely N-dealkylation sites (tertiary alicyclic amines) is 1. The number of fused-ring (bicyclic) bond motifs is 1. The standard InChI is InChI=1S/C25H25N5O2/c31-24(21-6-1-8-22(18-21)32-25-27-10-4-11-28-25)30-14-2-5-19(9-15-30)17-20-7-3-13-29-16-12-26-23(20)29/h1,3-4,6-8,10-13,16,18-19H,2,5,9,14-15,17H2. The zero-order valence-corrected chi connectivity index (χ0v) is 17.8. The van der Waals surface area contributed by atoms with Gasteiger partial charge in [-0.05, 0) is 67.5 Å². The first-order chi connectivity index (χ1) is 15.8. The summed E-state index contributed by atoms with van der Waals surface area (Å²) in [6.45, 7) is 1.53. The van der Waals surface area contributed by atoms with Gasteiger partial charge < -0.3 is 14.0 Å². The van der Waals surface area contributed by atoms with Crippen LogP contribution < -0.4 is 4.74 Å². The molecule has 0 bridgehead atoms. The third kappa shape index (κ3) is 4.46. The van der Waals surface area contributed by atoms with Gasteiger partial charge in [0.2, 0.25) is 0 Å². The number of hydrogen-bond donors (Lipinski definition) is 0. The Labute approximate surface area is 186 Å². The molecule has 1 fully saturated rings. The fourth-order valence-corrected chi connectivity index (χ4v) is 4.37. The maximum absolute atomic E-state index is 13.2. The van der Waals surface area contributed by atoms with E-state index >= 15 is 0 Å². The average Bonchev–Trinajstić information content (AvgIpc) is 3.20. The van der Waals surface area contributed by atoms with Crippen molar-refractivity contribution in [3.8, 4) is 11.8 Å². The lowest BCUT2D eigenvalue weighted by Gasteiger charge is -2.21. The first-order valence-electron chi connectivity index (χ1n) is 11.0. The van der Waals surface area contributed by atoms with Crippen LogP contribution in [-0.4, -0.2) is 43.2 Å². The molecule has 5 rings (SSSR count). The molecular formula is C25H25N5O2. The fraction of sp³-hybridized carbons (Fsp3) is 0.280. The lowest BCUT2D eigenvalue weighted by Crippen LogP contribution is -2.32. The van der Waals surface area contributed by atoms with Gasteiger partial charge in [-0.25, -0.2) is 15.0 Å². The number of hydrogen-bond acceptors (Lipinski definition) is 5. The van der Waals surface area contributed by atoms with Gasteiger partial charge in [0.1, 0.15) is 11.4 Å². The molecule has 0 aliphatic carbocycles. The summed E-state index contributed by atoms with van der Waals surface area (Å²) in [5.41, 5.74) is 2.93. The molecular weight excluding hydrogens is 402 g/mol. The van der Waals surface area contributed by atoms with E-state index in [1.165, 1.54) is 5.56 Å². The van der Waals surface area contributed by atoms with Gasteiger partial charge >= 0.3 is 6.01 Å². The van der Waals surface area contributed by atoms with E-state index < -0.39 is 0 Å². The summed E-state index contributed by atoms with van der Waals surface area (Å²) < 4.78 is 7.76. The largest absolute Gasteiger partial charge is 0.424 e. The van der Waals surface area contributed by atoms with Crippen LogP contribution in [0.5, 0.6) is 11.8 Å². The van der Waals surface area contributed by atoms with E-state index in [0.717, 1.165) is 44.4 Å². The second kappa shape index (κ2) is 9.18. The van der Waals surface area contributed by atoms with Crippen molar-refractivity contribution in [2.24, 2.45) is 5.92 Å². The molecule has 1 atom stereocenters. The molecule has 3 aromatic heterocycles. The molecule has 4 heterocycles. The molecule has 7 heteroatoms. The zero-order chi connectivity index (χ0) is 21.8. The van der Waals surface area contributed by atoms with Crippen molar-refractivity contribution >= 4 is 11.6 Å². The number of imidazole rings is 1. The molecule has 1 aliphatic rings. The Bertz CT molecular complexity index is 1210. The molecule has 0 spiro atoms. The highest BCUT2D eigenvalue weighted by atomic mass is 16.5. The Morgan fingerprint density at radius 1 is 0.969 bits per heavy atom. The molecule has 4 aromatic rings. The van der Waals surface area contributed by atoms with Crippen LogP contribution in [0.1, 0.15) is 35.2 Å². The molecule has 0 saturated carbocycles. The van der Waals surface area contributed by atoms with Crippen LogP contribution in [0, 0.1) is 5.92 Å². The minimum Gasteiger partial charge on any atom is -0.424 e. The van der Waals surface area contributed by atoms with E-state index in [0.29, 0.717) is 17.2 Å². The number of benzene rings is 1. The van der Waals surface area contributed by atoms with Crippen molar-refractivity contribution < 1.29 is 9.53 Å². The van der Waals surface area contributed by atoms with Crippen LogP contribution in [-0.2, 0) is 6.42 Å². The highest BCUT2D eigenvalue weighted by Gasteiger charge is 2.23. The van der Waals surface area contributed by atoms with E-state index in [2.05, 4.69) is 31.5 Å². The number of carbonyl (C=O) groups excluding carboxylic acids is 1. The average molecular weight is 428 g/mol. The molecule has 1 aliphatic heterocycles. The quantitative estimate of drug-likeness (QED) is 0.472. The first-order valence-corrected chi connectivity index (χ1v) is 11.0. The van der Waals surface area contributed by atoms with E-state index in [1.807, 2.05) is 41.7 Å². The first kappa shape index (κ1) is 20.2. The minimum atomic E-state index is 0.0421. The predicted molar refractivity (Wildman–Crippen MR) is 121 cm³/mol. The minimum absolute atomic E-state index is 0.0421. The molecule has 7 nitrogen and oxygen atoms in total. The van der Waals surface area contributed by atoms with Crippen molar-refractivity contribution in [2.75, 3.05) is 13.1 Å². The van der Waals surface area contributed by atoms with Crippen molar-refractivity contribution in [3.05, 3.63) is 84.6 Å². The molecule has 1 saturated heterocycles. The lowest BCUT2D eigenvalue weighted by molar-refractivity contribution is 0.0759. The molecule has 1 unspecified atom stereocenters. The van der Waals surface area contributed by atoms with Gasteiger partial charge in [-0.15, -0.1) is 0 Å². The zero-order valence-electron chi connectivity index (χ0n) is 17.8. The van der Waals surface area contributed by atoms with Gasteiger partial charge in [-0.1, -0.05) is 12.1 Å². The Morgan fingerprint density at radius 3 is 2.78 bits per heavy atom. The molecule has 1 amide bonds. The molecule has 162 valence electrons. The van der Waals surface area contributed by atoms with Crippen molar-refractivity contribution in [1.82, 2.24) is 24.3 Å². The highest BCUT2D eigenvalue weighted by molar-refractivity contribution is 5.94. The van der Waals surface area contributed by atoms with Crippen LogP contribution in [0.4, 0.5) is 0 Å². The fourth-order valence-electron chi connectivity index (χ4n) is 4.37. The lowest BCUT2D eigenvalue weighted by atomic mass is 9.93. The van der Waals surface area contributed by atoms with Crippen LogP contribution in [0.25, 0.3) is 5.65 Å². The van der Waals surface area contributed by atoms with E-state index in [-0.39, 0.29) is 11.9 Å². The Hall–Kier alpha value is -3.74. The van der Waals surface area contributed by atoms with Gasteiger partial charge in [0, 0.05) is 49.6 Å². The molecule has 0 radical (unpaired) electrons. The van der Waals surface area contributed by atoms with Crippen LogP contribution in [0.3, 0.4) is 0 Å². The van der Waals surface area contributed by atoms with E-state index in [9.17, 15) is 4.79 Å². The molecule has 32 heavy (non-hydrogen) atoms. The van der Waals surface area contributed by atoms with Crippen LogP contribution in [0.15, 0.2) is 73.4 Å². The summed E-state index contributed by atoms with van der Waals surface area (Å²) in [5, 5.41) is 0. The second-order valence-corrected chi connectivity index (χ2v) is 8.15. The van der Waals surface area contributed by atoms with Gasteiger partial charge in [0.15, 0.2) is 0 Å². The third-order valence-electron chi connectivity index (χ3n) is 5.98. The number of ether oxygens (including phenoxy) is 1. The normalized spacial score (nSPS) is 16.6. The summed E-state index contributed by atoms with van der Waals surface area (Å²) in [6.07, 6.45) is 13.2. The summed E-state index contributed by atoms with van der Waals surface area (Å²) >= 11 is 0. The molecule has 0 N–H and O–H groups in total.